The molecule has 0 saturated carbocycles. The zero-order chi connectivity index (χ0) is 23.1. The lowest BCUT2D eigenvalue weighted by Gasteiger charge is -2.41. The SMILES string of the molecule is Cc1ccc2c(c1)Oc1ccccc1C(N1CCN(C(=O)c3cc(F)cc(F)c3)[C@H](C)C1)=N2. The van der Waals surface area contributed by atoms with E-state index >= 15 is 0 Å². The number of carbonyl (C=O) groups excluding carboxylic acids is 1. The maximum Gasteiger partial charge on any atom is 0.254 e. The van der Waals surface area contributed by atoms with Crippen molar-refractivity contribution in [3.63, 3.8) is 0 Å². The molecule has 3 aromatic rings. The van der Waals surface area contributed by atoms with E-state index in [-0.39, 0.29) is 17.5 Å². The lowest BCUT2D eigenvalue weighted by molar-refractivity contribution is 0.0580. The third-order valence-corrected chi connectivity index (χ3v) is 5.99. The predicted octanol–water partition coefficient (Wildman–Crippen LogP) is 5.30. The standard InChI is InChI=1S/C26H23F2N3O2/c1-16-7-8-22-24(11-16)33-23-6-4-3-5-21(23)25(29-22)30-9-10-31(17(2)15-30)26(32)18-12-19(27)14-20(28)13-18/h3-8,11-14,17H,9-10,15H2,1-2H3/t17-/m1/s1. The van der Waals surface area contributed by atoms with Crippen molar-refractivity contribution in [3.8, 4) is 11.5 Å². The van der Waals surface area contributed by atoms with Crippen molar-refractivity contribution in [2.24, 2.45) is 4.99 Å². The van der Waals surface area contributed by atoms with Crippen LogP contribution >= 0.6 is 0 Å². The van der Waals surface area contributed by atoms with Crippen LogP contribution in [0.5, 0.6) is 11.5 Å². The van der Waals surface area contributed by atoms with E-state index in [0.717, 1.165) is 46.6 Å². The molecule has 1 saturated heterocycles. The van der Waals surface area contributed by atoms with Gasteiger partial charge in [-0.25, -0.2) is 13.8 Å². The van der Waals surface area contributed by atoms with Crippen molar-refractivity contribution < 1.29 is 18.3 Å². The molecule has 168 valence electrons. The molecule has 0 aliphatic carbocycles. The minimum Gasteiger partial charge on any atom is -0.454 e. The molecule has 5 rings (SSSR count). The van der Waals surface area contributed by atoms with Gasteiger partial charge in [-0.15, -0.1) is 0 Å². The minimum absolute atomic E-state index is 0.0163. The van der Waals surface area contributed by atoms with E-state index in [1.54, 1.807) is 4.90 Å². The molecule has 0 radical (unpaired) electrons. The molecule has 1 fully saturated rings. The van der Waals surface area contributed by atoms with Crippen LogP contribution in [0, 0.1) is 18.6 Å². The molecule has 0 spiro atoms. The van der Waals surface area contributed by atoms with Gasteiger partial charge < -0.3 is 14.5 Å². The Bertz CT molecular complexity index is 1250. The molecule has 3 aromatic carbocycles. The highest BCUT2D eigenvalue weighted by atomic mass is 19.1. The molecule has 2 aliphatic rings. The van der Waals surface area contributed by atoms with E-state index in [4.69, 9.17) is 9.73 Å². The average molecular weight is 447 g/mol. The summed E-state index contributed by atoms with van der Waals surface area (Å²) < 4.78 is 33.5. The number of halogens is 2. The smallest absolute Gasteiger partial charge is 0.254 e. The molecule has 0 aromatic heterocycles. The first-order valence-corrected chi connectivity index (χ1v) is 10.9. The van der Waals surface area contributed by atoms with E-state index in [2.05, 4.69) is 4.90 Å². The van der Waals surface area contributed by atoms with Crippen LogP contribution in [-0.2, 0) is 0 Å². The lowest BCUT2D eigenvalue weighted by atomic mass is 10.1. The summed E-state index contributed by atoms with van der Waals surface area (Å²) in [7, 11) is 0. The van der Waals surface area contributed by atoms with Crippen molar-refractivity contribution in [1.29, 1.82) is 0 Å². The molecule has 0 unspecified atom stereocenters. The topological polar surface area (TPSA) is 45.1 Å². The Morgan fingerprint density at radius 3 is 2.52 bits per heavy atom. The van der Waals surface area contributed by atoms with Crippen molar-refractivity contribution in [3.05, 3.63) is 89.0 Å². The van der Waals surface area contributed by atoms with Crippen molar-refractivity contribution in [2.45, 2.75) is 19.9 Å². The van der Waals surface area contributed by atoms with Gasteiger partial charge in [-0.05, 0) is 55.8 Å². The van der Waals surface area contributed by atoms with Gasteiger partial charge in [-0.1, -0.05) is 18.2 Å². The molecule has 1 atom stereocenters. The third kappa shape index (κ3) is 4.06. The quantitative estimate of drug-likeness (QED) is 0.508. The van der Waals surface area contributed by atoms with E-state index in [1.165, 1.54) is 0 Å². The van der Waals surface area contributed by atoms with Crippen LogP contribution in [0.4, 0.5) is 14.5 Å². The number of nitrogens with zero attached hydrogens (tertiary/aromatic N) is 3. The van der Waals surface area contributed by atoms with Crippen molar-refractivity contribution >= 4 is 17.4 Å². The number of amides is 1. The zero-order valence-corrected chi connectivity index (χ0v) is 18.4. The summed E-state index contributed by atoms with van der Waals surface area (Å²) >= 11 is 0. The first-order valence-electron chi connectivity index (χ1n) is 10.9. The summed E-state index contributed by atoms with van der Waals surface area (Å²) in [6.07, 6.45) is 0. The summed E-state index contributed by atoms with van der Waals surface area (Å²) in [4.78, 5) is 21.7. The number of para-hydroxylation sites is 1. The molecule has 0 bridgehead atoms. The number of aryl methyl sites for hydroxylation is 1. The molecular weight excluding hydrogens is 424 g/mol. The lowest BCUT2D eigenvalue weighted by Crippen LogP contribution is -2.55. The van der Waals surface area contributed by atoms with E-state index in [1.807, 2.05) is 56.3 Å². The average Bonchev–Trinajstić information content (AvgIpc) is 2.94. The molecule has 2 aliphatic heterocycles. The fourth-order valence-electron chi connectivity index (χ4n) is 4.36. The molecule has 2 heterocycles. The number of hydrogen-bond acceptors (Lipinski definition) is 4. The number of rotatable bonds is 1. The largest absolute Gasteiger partial charge is 0.454 e. The Morgan fingerprint density at radius 2 is 1.76 bits per heavy atom. The van der Waals surface area contributed by atoms with Gasteiger partial charge in [-0.3, -0.25) is 4.79 Å². The number of piperazine rings is 1. The molecule has 1 amide bonds. The monoisotopic (exact) mass is 447 g/mol. The highest BCUT2D eigenvalue weighted by Gasteiger charge is 2.32. The van der Waals surface area contributed by atoms with Crippen LogP contribution in [0.15, 0.2) is 65.7 Å². The zero-order valence-electron chi connectivity index (χ0n) is 18.4. The maximum atomic E-state index is 13.6. The van der Waals surface area contributed by atoms with Crippen LogP contribution in [0.3, 0.4) is 0 Å². The number of fused-ring (bicyclic) bond motifs is 2. The van der Waals surface area contributed by atoms with Gasteiger partial charge in [0, 0.05) is 37.3 Å². The Kier molecular flexibility index (Phi) is 5.32. The van der Waals surface area contributed by atoms with E-state index in [0.29, 0.717) is 25.4 Å². The second-order valence-electron chi connectivity index (χ2n) is 8.46. The van der Waals surface area contributed by atoms with Crippen molar-refractivity contribution in [2.75, 3.05) is 19.6 Å². The summed E-state index contributed by atoms with van der Waals surface area (Å²) in [5.74, 6) is 0.303. The molecule has 0 N–H and O–H groups in total. The van der Waals surface area contributed by atoms with Gasteiger partial charge >= 0.3 is 0 Å². The highest BCUT2D eigenvalue weighted by molar-refractivity contribution is 6.04. The first kappa shape index (κ1) is 21.1. The van der Waals surface area contributed by atoms with Gasteiger partial charge in [-0.2, -0.15) is 0 Å². The van der Waals surface area contributed by atoms with E-state index < -0.39 is 11.6 Å². The highest BCUT2D eigenvalue weighted by Crippen LogP contribution is 2.39. The fraction of sp³-hybridized carbons (Fsp3) is 0.231. The first-order chi connectivity index (χ1) is 15.9. The minimum atomic E-state index is -0.761. The number of carbonyl (C=O) groups is 1. The molecular formula is C26H23F2N3O2. The summed E-state index contributed by atoms with van der Waals surface area (Å²) in [5.41, 5.74) is 2.72. The van der Waals surface area contributed by atoms with Crippen molar-refractivity contribution in [1.82, 2.24) is 9.80 Å². The summed E-state index contributed by atoms with van der Waals surface area (Å²) in [6, 6.07) is 16.4. The van der Waals surface area contributed by atoms with Gasteiger partial charge in [0.1, 0.15) is 28.9 Å². The van der Waals surface area contributed by atoms with Crippen LogP contribution in [0.25, 0.3) is 0 Å². The number of ether oxygens (including phenoxy) is 1. The third-order valence-electron chi connectivity index (χ3n) is 5.99. The Balaban J connectivity index is 1.45. The van der Waals surface area contributed by atoms with E-state index in [9.17, 15) is 13.6 Å². The summed E-state index contributed by atoms with van der Waals surface area (Å²) in [6.45, 7) is 5.39. The number of hydrogen-bond donors (Lipinski definition) is 0. The van der Waals surface area contributed by atoms with Crippen LogP contribution in [0.2, 0.25) is 0 Å². The molecule has 7 heteroatoms. The van der Waals surface area contributed by atoms with Gasteiger partial charge in [0.25, 0.3) is 5.91 Å². The Morgan fingerprint density at radius 1 is 1.00 bits per heavy atom. The Hall–Kier alpha value is -3.74. The molecule has 33 heavy (non-hydrogen) atoms. The van der Waals surface area contributed by atoms with Crippen LogP contribution in [-0.4, -0.2) is 47.2 Å². The predicted molar refractivity (Wildman–Crippen MR) is 122 cm³/mol. The Labute approximate surface area is 190 Å². The number of aliphatic imine (C=N–C) groups is 1. The second-order valence-corrected chi connectivity index (χ2v) is 8.46. The van der Waals surface area contributed by atoms with Gasteiger partial charge in [0.2, 0.25) is 0 Å². The van der Waals surface area contributed by atoms with Gasteiger partial charge in [0.05, 0.1) is 5.56 Å². The number of amidine groups is 1. The fourth-order valence-corrected chi connectivity index (χ4v) is 4.36. The summed E-state index contributed by atoms with van der Waals surface area (Å²) in [5, 5.41) is 0. The normalized spacial score (nSPS) is 17.5. The second kappa shape index (κ2) is 8.31. The maximum absolute atomic E-state index is 13.6. The van der Waals surface area contributed by atoms with Crippen LogP contribution in [0.1, 0.15) is 28.4 Å². The molecule has 5 nitrogen and oxygen atoms in total. The van der Waals surface area contributed by atoms with Gasteiger partial charge in [0.15, 0.2) is 5.75 Å². The van der Waals surface area contributed by atoms with Crippen LogP contribution < -0.4 is 4.74 Å². The number of benzene rings is 3.